The lowest BCUT2D eigenvalue weighted by atomic mass is 10.1. The monoisotopic (exact) mass is 148 g/mol. The van der Waals surface area contributed by atoms with Crippen LogP contribution in [0.2, 0.25) is 0 Å². The third-order valence-corrected chi connectivity index (χ3v) is 0.827. The number of aliphatic imine (C=N–C) groups is 1. The van der Waals surface area contributed by atoms with Gasteiger partial charge in [-0.05, 0) is 6.92 Å². The van der Waals surface area contributed by atoms with Crippen LogP contribution in [-0.4, -0.2) is 18.8 Å². The molecule has 0 aliphatic heterocycles. The molecule has 0 aliphatic carbocycles. The van der Waals surface area contributed by atoms with Crippen LogP contribution < -0.4 is 5.73 Å². The summed E-state index contributed by atoms with van der Waals surface area (Å²) in [5.41, 5.74) is 4.19. The maximum Gasteiger partial charge on any atom is 0.268 e. The fourth-order valence-corrected chi connectivity index (χ4v) is 0.551. The van der Waals surface area contributed by atoms with E-state index in [1.54, 1.807) is 0 Å². The summed E-state index contributed by atoms with van der Waals surface area (Å²) in [5.74, 6) is 0. The van der Waals surface area contributed by atoms with Gasteiger partial charge in [-0.25, -0.2) is 0 Å². The Bertz CT molecular complexity index is 157. The lowest BCUT2D eigenvalue weighted by molar-refractivity contribution is 0.413. The minimum Gasteiger partial charge on any atom is -0.318 e. The highest BCUT2D eigenvalue weighted by Gasteiger charge is 2.12. The van der Waals surface area contributed by atoms with Gasteiger partial charge < -0.3 is 5.73 Å². The zero-order chi connectivity index (χ0) is 8.20. The third-order valence-electron chi connectivity index (χ3n) is 0.827. The van der Waals surface area contributed by atoms with E-state index in [4.69, 9.17) is 5.73 Å². The molecule has 58 valence electrons. The summed E-state index contributed by atoms with van der Waals surface area (Å²) in [5, 5.41) is 0. The Hall–Kier alpha value is -0.770. The maximum absolute atomic E-state index is 11.6. The number of rotatable bonds is 2. The van der Waals surface area contributed by atoms with Crippen molar-refractivity contribution in [2.75, 3.05) is 7.05 Å². The van der Waals surface area contributed by atoms with Crippen molar-refractivity contribution < 1.29 is 8.78 Å². The van der Waals surface area contributed by atoms with Crippen molar-refractivity contribution in [2.45, 2.75) is 12.5 Å². The molecule has 0 aromatic carbocycles. The highest BCUT2D eigenvalue weighted by atomic mass is 19.3. The van der Waals surface area contributed by atoms with Gasteiger partial charge in [0.15, 0.2) is 0 Å². The molecule has 1 atom stereocenters. The first-order valence-electron chi connectivity index (χ1n) is 2.74. The van der Waals surface area contributed by atoms with Gasteiger partial charge in [0, 0.05) is 19.3 Å². The summed E-state index contributed by atoms with van der Waals surface area (Å²) in [4.78, 5) is 3.53. The fourth-order valence-electron chi connectivity index (χ4n) is 0.551. The average molecular weight is 148 g/mol. The summed E-state index contributed by atoms with van der Waals surface area (Å²) in [6.07, 6.45) is 0.122. The lowest BCUT2D eigenvalue weighted by Gasteiger charge is -2.11. The molecule has 0 radical (unpaired) electrons. The molecule has 0 aromatic rings. The molecule has 0 aliphatic rings. The first-order chi connectivity index (χ1) is 4.48. The largest absolute Gasteiger partial charge is 0.318 e. The first-order valence-corrected chi connectivity index (χ1v) is 2.74. The highest BCUT2D eigenvalue weighted by Crippen LogP contribution is 2.05. The maximum atomic E-state index is 11.6. The fraction of sp³-hybridized carbons (Fsp3) is 0.500. The summed E-state index contributed by atoms with van der Waals surface area (Å²) >= 11 is 0. The van der Waals surface area contributed by atoms with E-state index < -0.39 is 11.6 Å². The van der Waals surface area contributed by atoms with Crippen molar-refractivity contribution in [2.24, 2.45) is 10.7 Å². The second-order valence-corrected chi connectivity index (χ2v) is 2.19. The van der Waals surface area contributed by atoms with E-state index >= 15 is 0 Å². The van der Waals surface area contributed by atoms with E-state index in [1.807, 2.05) is 0 Å². The Morgan fingerprint density at radius 2 is 2.10 bits per heavy atom. The Morgan fingerprint density at radius 3 is 2.40 bits per heavy atom. The van der Waals surface area contributed by atoms with E-state index in [2.05, 4.69) is 4.99 Å². The second kappa shape index (κ2) is 3.41. The van der Waals surface area contributed by atoms with E-state index in [9.17, 15) is 8.78 Å². The molecule has 0 rings (SSSR count). The normalized spacial score (nSPS) is 16.9. The van der Waals surface area contributed by atoms with Gasteiger partial charge in [0.1, 0.15) is 0 Å². The number of halogens is 2. The zero-order valence-corrected chi connectivity index (χ0v) is 5.94. The van der Waals surface area contributed by atoms with Crippen molar-refractivity contribution in [3.05, 3.63) is 12.2 Å². The van der Waals surface area contributed by atoms with Gasteiger partial charge in [-0.1, -0.05) is 0 Å². The minimum absolute atomic E-state index is 0.653. The number of hydrogen-bond donors (Lipinski definition) is 1. The summed E-state index contributed by atoms with van der Waals surface area (Å²) in [6, 6.07) is 0. The molecule has 0 saturated heterocycles. The number of hydrogen-bond acceptors (Lipinski definition) is 2. The van der Waals surface area contributed by atoms with Crippen molar-refractivity contribution in [1.29, 1.82) is 0 Å². The predicted molar refractivity (Wildman–Crippen MR) is 37.3 cm³/mol. The Labute approximate surface area is 58.4 Å². The predicted octanol–water partition coefficient (Wildman–Crippen LogP) is 1.18. The Kier molecular flexibility index (Phi) is 3.15. The van der Waals surface area contributed by atoms with Crippen LogP contribution in [0.25, 0.3) is 0 Å². The second-order valence-electron chi connectivity index (χ2n) is 2.19. The van der Waals surface area contributed by atoms with Gasteiger partial charge in [-0.3, -0.25) is 4.99 Å². The molecule has 2 nitrogen and oxygen atoms in total. The molecule has 0 saturated carbocycles. The van der Waals surface area contributed by atoms with E-state index in [0.29, 0.717) is 6.08 Å². The zero-order valence-electron chi connectivity index (χ0n) is 5.94. The minimum atomic E-state index is -1.79. The lowest BCUT2D eigenvalue weighted by Crippen LogP contribution is -2.35. The quantitative estimate of drug-likeness (QED) is 0.587. The van der Waals surface area contributed by atoms with Crippen LogP contribution in [0, 0.1) is 0 Å². The summed E-state index contributed by atoms with van der Waals surface area (Å²) < 4.78 is 23.1. The Balaban J connectivity index is 4.26. The van der Waals surface area contributed by atoms with Crippen LogP contribution in [0.4, 0.5) is 8.78 Å². The smallest absolute Gasteiger partial charge is 0.268 e. The van der Waals surface area contributed by atoms with E-state index in [0.717, 1.165) is 0 Å². The molecule has 0 heterocycles. The molecule has 10 heavy (non-hydrogen) atoms. The van der Waals surface area contributed by atoms with Crippen molar-refractivity contribution in [3.63, 3.8) is 0 Å². The molecular formula is C6H10F2N2. The molecule has 0 fully saturated rings. The van der Waals surface area contributed by atoms with Crippen LogP contribution in [-0.2, 0) is 0 Å². The Morgan fingerprint density at radius 1 is 1.60 bits per heavy atom. The van der Waals surface area contributed by atoms with E-state index in [1.165, 1.54) is 20.2 Å². The summed E-state index contributed by atoms with van der Waals surface area (Å²) in [6.45, 7) is 1.44. The number of nitrogens with zero attached hydrogens (tertiary/aromatic N) is 1. The first kappa shape index (κ1) is 9.23. The molecule has 0 bridgehead atoms. The average Bonchev–Trinajstić information content (AvgIpc) is 1.59. The van der Waals surface area contributed by atoms with Crippen molar-refractivity contribution >= 4 is 6.21 Å². The molecule has 2 N–H and O–H groups in total. The van der Waals surface area contributed by atoms with Crippen LogP contribution in [0.15, 0.2) is 17.1 Å². The van der Waals surface area contributed by atoms with E-state index in [-0.39, 0.29) is 0 Å². The van der Waals surface area contributed by atoms with Crippen molar-refractivity contribution in [1.82, 2.24) is 0 Å². The molecule has 4 heteroatoms. The van der Waals surface area contributed by atoms with Crippen LogP contribution in [0.3, 0.4) is 0 Å². The molecule has 0 amide bonds. The molecule has 1 unspecified atom stereocenters. The van der Waals surface area contributed by atoms with Gasteiger partial charge in [0.25, 0.3) is 6.08 Å². The SMILES string of the molecule is CN=CC(C)(N)C=C(F)F. The molecule has 0 spiro atoms. The van der Waals surface area contributed by atoms with Crippen LogP contribution >= 0.6 is 0 Å². The highest BCUT2D eigenvalue weighted by molar-refractivity contribution is 5.72. The van der Waals surface area contributed by atoms with Crippen LogP contribution in [0.1, 0.15) is 6.92 Å². The third kappa shape index (κ3) is 4.14. The topological polar surface area (TPSA) is 38.4 Å². The molecule has 0 aromatic heterocycles. The molecular weight excluding hydrogens is 138 g/mol. The van der Waals surface area contributed by atoms with Gasteiger partial charge in [0.05, 0.1) is 5.54 Å². The van der Waals surface area contributed by atoms with Gasteiger partial charge in [-0.2, -0.15) is 8.78 Å². The van der Waals surface area contributed by atoms with Crippen LogP contribution in [0.5, 0.6) is 0 Å². The van der Waals surface area contributed by atoms with Crippen molar-refractivity contribution in [3.8, 4) is 0 Å². The standard InChI is InChI=1S/C6H10F2N2/c1-6(9,4-10-2)3-5(7)8/h3-4H,9H2,1-2H3. The number of nitrogens with two attached hydrogens (primary N) is 1. The summed E-state index contributed by atoms with van der Waals surface area (Å²) in [7, 11) is 1.48. The van der Waals surface area contributed by atoms with Gasteiger partial charge >= 0.3 is 0 Å². The van der Waals surface area contributed by atoms with Gasteiger partial charge in [-0.15, -0.1) is 0 Å². The van der Waals surface area contributed by atoms with Gasteiger partial charge in [0.2, 0.25) is 0 Å².